The molecule has 1 atom stereocenters. The SMILES string of the molecule is CCCCCCCCCCCCCCCOC(=O)c1ccccc1C(=O)OCC(CC)S(=O)(=O)[O-].[K+]. The second kappa shape index (κ2) is 21.6. The van der Waals surface area contributed by atoms with Crippen molar-refractivity contribution in [3.8, 4) is 0 Å². The summed E-state index contributed by atoms with van der Waals surface area (Å²) in [7, 11) is -4.57. The van der Waals surface area contributed by atoms with Crippen LogP contribution in [-0.2, 0) is 19.6 Å². The predicted octanol–water partition coefficient (Wildman–Crippen LogP) is 3.42. The van der Waals surface area contributed by atoms with Gasteiger partial charge in [-0.25, -0.2) is 18.0 Å². The Hall–Kier alpha value is -0.294. The molecule has 0 saturated heterocycles. The molecule has 9 heteroatoms. The summed E-state index contributed by atoms with van der Waals surface area (Å²) in [5.74, 6) is -1.49. The minimum Gasteiger partial charge on any atom is -0.748 e. The van der Waals surface area contributed by atoms with E-state index in [2.05, 4.69) is 6.92 Å². The third kappa shape index (κ3) is 15.8. The number of unbranched alkanes of at least 4 members (excludes halogenated alkanes) is 12. The molecule has 0 aliphatic heterocycles. The quantitative estimate of drug-likeness (QED) is 0.106. The van der Waals surface area contributed by atoms with Crippen molar-refractivity contribution in [2.75, 3.05) is 13.2 Å². The third-order valence-corrected chi connectivity index (χ3v) is 7.40. The zero-order valence-electron chi connectivity index (χ0n) is 22.5. The van der Waals surface area contributed by atoms with Crippen molar-refractivity contribution in [2.45, 2.75) is 109 Å². The molecule has 36 heavy (non-hydrogen) atoms. The Labute approximate surface area is 260 Å². The molecular weight excluding hydrogens is 507 g/mol. The summed E-state index contributed by atoms with van der Waals surface area (Å²) in [6, 6.07) is 6.05. The van der Waals surface area contributed by atoms with Crippen LogP contribution in [-0.4, -0.2) is 43.4 Å². The molecule has 0 fully saturated rings. The van der Waals surface area contributed by atoms with Crippen LogP contribution < -0.4 is 51.4 Å². The standard InChI is InChI=1S/C27H44O7S.K/c1-3-5-6-7-8-9-10-11-12-13-14-15-18-21-33-26(28)24-19-16-17-20-25(24)27(29)34-22-23(4-2)35(30,31)32;/h16-17,19-20,23H,3-15,18,21-22H2,1-2H3,(H,30,31,32);/q;+1/p-1. The topological polar surface area (TPSA) is 110 Å². The molecule has 0 spiro atoms. The van der Waals surface area contributed by atoms with E-state index in [1.807, 2.05) is 0 Å². The number of esters is 2. The fraction of sp³-hybridized carbons (Fsp3) is 0.704. The Balaban J connectivity index is 0.0000122. The normalized spacial score (nSPS) is 12.0. The summed E-state index contributed by atoms with van der Waals surface area (Å²) in [6.07, 6.45) is 16.0. The second-order valence-electron chi connectivity index (χ2n) is 9.05. The van der Waals surface area contributed by atoms with Crippen molar-refractivity contribution >= 4 is 22.1 Å². The average Bonchev–Trinajstić information content (AvgIpc) is 2.83. The number of benzene rings is 1. The van der Waals surface area contributed by atoms with Crippen LogP contribution in [0.1, 0.15) is 124 Å². The van der Waals surface area contributed by atoms with E-state index in [0.717, 1.165) is 19.3 Å². The Kier molecular flexibility index (Phi) is 21.4. The van der Waals surface area contributed by atoms with Gasteiger partial charge in [0.15, 0.2) is 0 Å². The maximum absolute atomic E-state index is 12.5. The van der Waals surface area contributed by atoms with Crippen molar-refractivity contribution in [3.05, 3.63) is 35.4 Å². The first kappa shape index (κ1) is 35.7. The number of hydrogen-bond acceptors (Lipinski definition) is 7. The first-order chi connectivity index (χ1) is 16.8. The fourth-order valence-electron chi connectivity index (χ4n) is 3.85. The minimum atomic E-state index is -4.57. The van der Waals surface area contributed by atoms with E-state index in [-0.39, 0.29) is 75.5 Å². The molecule has 1 aromatic rings. The van der Waals surface area contributed by atoms with E-state index < -0.39 is 33.9 Å². The minimum absolute atomic E-state index is 0. The van der Waals surface area contributed by atoms with E-state index in [0.29, 0.717) is 0 Å². The van der Waals surface area contributed by atoms with Crippen molar-refractivity contribution in [1.29, 1.82) is 0 Å². The zero-order valence-corrected chi connectivity index (χ0v) is 26.4. The van der Waals surface area contributed by atoms with Gasteiger partial charge in [-0.2, -0.15) is 0 Å². The van der Waals surface area contributed by atoms with Crippen LogP contribution in [0.4, 0.5) is 0 Å². The number of rotatable bonds is 20. The van der Waals surface area contributed by atoms with Crippen molar-refractivity contribution in [2.24, 2.45) is 0 Å². The molecule has 0 radical (unpaired) electrons. The summed E-state index contributed by atoms with van der Waals surface area (Å²) < 4.78 is 43.9. The summed E-state index contributed by atoms with van der Waals surface area (Å²) in [5, 5.41) is -1.32. The van der Waals surface area contributed by atoms with Gasteiger partial charge in [-0.1, -0.05) is 103 Å². The molecule has 0 aromatic heterocycles. The van der Waals surface area contributed by atoms with Crippen LogP contribution in [0.15, 0.2) is 24.3 Å². The second-order valence-corrected chi connectivity index (χ2v) is 10.7. The summed E-state index contributed by atoms with van der Waals surface area (Å²) >= 11 is 0. The molecule has 0 N–H and O–H groups in total. The smallest absolute Gasteiger partial charge is 0.748 e. The monoisotopic (exact) mass is 550 g/mol. The van der Waals surface area contributed by atoms with E-state index in [1.54, 1.807) is 12.1 Å². The number of hydrogen-bond donors (Lipinski definition) is 0. The van der Waals surface area contributed by atoms with Crippen LogP contribution >= 0.6 is 0 Å². The predicted molar refractivity (Wildman–Crippen MR) is 136 cm³/mol. The molecule has 1 rings (SSSR count). The largest absolute Gasteiger partial charge is 1.00 e. The van der Waals surface area contributed by atoms with Gasteiger partial charge >= 0.3 is 63.3 Å². The van der Waals surface area contributed by atoms with Gasteiger partial charge in [-0.15, -0.1) is 0 Å². The van der Waals surface area contributed by atoms with E-state index in [4.69, 9.17) is 9.47 Å². The van der Waals surface area contributed by atoms with Crippen LogP contribution in [0.25, 0.3) is 0 Å². The molecule has 0 aliphatic carbocycles. The molecule has 1 aromatic carbocycles. The third-order valence-electron chi connectivity index (χ3n) is 6.11. The first-order valence-electron chi connectivity index (χ1n) is 13.2. The van der Waals surface area contributed by atoms with Crippen molar-refractivity contribution in [1.82, 2.24) is 0 Å². The van der Waals surface area contributed by atoms with Crippen LogP contribution in [0, 0.1) is 0 Å². The number of ether oxygens (including phenoxy) is 2. The van der Waals surface area contributed by atoms with Gasteiger partial charge in [0.25, 0.3) is 0 Å². The Morgan fingerprint density at radius 3 is 1.58 bits per heavy atom. The van der Waals surface area contributed by atoms with Gasteiger partial charge < -0.3 is 14.0 Å². The van der Waals surface area contributed by atoms with Crippen LogP contribution in [0.5, 0.6) is 0 Å². The molecule has 1 unspecified atom stereocenters. The Morgan fingerprint density at radius 1 is 0.750 bits per heavy atom. The maximum atomic E-state index is 12.5. The molecule has 0 aliphatic rings. The number of carbonyl (C=O) groups excluding carboxylic acids is 2. The molecule has 0 heterocycles. The molecule has 0 saturated carbocycles. The molecular formula is C27H43KO7S. The maximum Gasteiger partial charge on any atom is 1.00 e. The van der Waals surface area contributed by atoms with Gasteiger partial charge in [-0.3, -0.25) is 0 Å². The summed E-state index contributed by atoms with van der Waals surface area (Å²) in [6.45, 7) is 3.48. The molecule has 0 bridgehead atoms. The van der Waals surface area contributed by atoms with Crippen LogP contribution in [0.3, 0.4) is 0 Å². The average molecular weight is 551 g/mol. The van der Waals surface area contributed by atoms with Gasteiger partial charge in [0, 0.05) is 0 Å². The van der Waals surface area contributed by atoms with E-state index in [1.165, 1.54) is 83.3 Å². The van der Waals surface area contributed by atoms with Crippen molar-refractivity contribution < 1.29 is 83.4 Å². The van der Waals surface area contributed by atoms with Crippen molar-refractivity contribution in [3.63, 3.8) is 0 Å². The van der Waals surface area contributed by atoms with E-state index >= 15 is 0 Å². The van der Waals surface area contributed by atoms with E-state index in [9.17, 15) is 22.6 Å². The molecule has 7 nitrogen and oxygen atoms in total. The molecule has 200 valence electrons. The van der Waals surface area contributed by atoms with Gasteiger partial charge in [0.05, 0.1) is 23.0 Å². The summed E-state index contributed by atoms with van der Waals surface area (Å²) in [4.78, 5) is 24.9. The fourth-order valence-corrected chi connectivity index (χ4v) is 4.50. The first-order valence-corrected chi connectivity index (χ1v) is 14.7. The van der Waals surface area contributed by atoms with Crippen LogP contribution in [0.2, 0.25) is 0 Å². The number of carbonyl (C=O) groups is 2. The van der Waals surface area contributed by atoms with Gasteiger partial charge in [0.2, 0.25) is 0 Å². The van der Waals surface area contributed by atoms with Gasteiger partial charge in [0.1, 0.15) is 16.7 Å². The Morgan fingerprint density at radius 2 is 1.17 bits per heavy atom. The summed E-state index contributed by atoms with van der Waals surface area (Å²) in [5.41, 5.74) is 0.0474. The molecule has 0 amide bonds. The zero-order chi connectivity index (χ0) is 25.9. The van der Waals surface area contributed by atoms with Gasteiger partial charge in [-0.05, 0) is 25.0 Å². The Bertz CT molecular complexity index is 842.